The Labute approximate surface area is 195 Å². The van der Waals surface area contributed by atoms with Crippen molar-refractivity contribution in [2.75, 3.05) is 19.7 Å². The highest BCUT2D eigenvalue weighted by molar-refractivity contribution is 5.98. The number of hydrogen-bond acceptors (Lipinski definition) is 4. The molecule has 0 radical (unpaired) electrons. The number of carbonyl (C=O) groups excluding carboxylic acids is 3. The molecule has 3 aliphatic rings. The summed E-state index contributed by atoms with van der Waals surface area (Å²) in [5, 5.41) is 2.94. The topological polar surface area (TPSA) is 79.0 Å². The Hall–Kier alpha value is -3.33. The van der Waals surface area contributed by atoms with Crippen molar-refractivity contribution in [3.05, 3.63) is 71.3 Å². The lowest BCUT2D eigenvalue weighted by Gasteiger charge is -2.44. The molecule has 2 aromatic rings. The third kappa shape index (κ3) is 4.27. The molecular formula is C25H25F2N3O4. The van der Waals surface area contributed by atoms with E-state index in [1.807, 2.05) is 0 Å². The molecule has 3 amide bonds. The fourth-order valence-corrected chi connectivity index (χ4v) is 4.69. The average molecular weight is 469 g/mol. The van der Waals surface area contributed by atoms with Gasteiger partial charge in [-0.2, -0.15) is 0 Å². The molecule has 2 heterocycles. The molecule has 178 valence electrons. The Morgan fingerprint density at radius 3 is 2.26 bits per heavy atom. The number of amides is 3. The molecule has 1 spiro atoms. The second kappa shape index (κ2) is 8.79. The van der Waals surface area contributed by atoms with Crippen LogP contribution in [-0.2, 0) is 9.53 Å². The minimum absolute atomic E-state index is 0.0450. The number of nitrogens with zero attached hydrogens (tertiary/aromatic N) is 2. The number of benzene rings is 2. The molecule has 2 aliphatic heterocycles. The second-order valence-corrected chi connectivity index (χ2v) is 9.04. The van der Waals surface area contributed by atoms with E-state index in [-0.39, 0.29) is 48.7 Å². The van der Waals surface area contributed by atoms with Crippen molar-refractivity contribution in [2.45, 2.75) is 43.5 Å². The first-order valence-corrected chi connectivity index (χ1v) is 11.4. The minimum Gasteiger partial charge on any atom is -0.353 e. The number of carbonyl (C=O) groups is 3. The van der Waals surface area contributed by atoms with Crippen molar-refractivity contribution in [2.24, 2.45) is 0 Å². The maximum Gasteiger partial charge on any atom is 0.256 e. The van der Waals surface area contributed by atoms with E-state index in [1.54, 1.807) is 11.0 Å². The van der Waals surface area contributed by atoms with Gasteiger partial charge < -0.3 is 15.0 Å². The van der Waals surface area contributed by atoms with Crippen LogP contribution in [0.3, 0.4) is 0 Å². The minimum atomic E-state index is -1.06. The number of ether oxygens (including phenoxy) is 1. The highest BCUT2D eigenvalue weighted by Crippen LogP contribution is 2.39. The van der Waals surface area contributed by atoms with Crippen LogP contribution in [0.5, 0.6) is 0 Å². The Morgan fingerprint density at radius 1 is 0.912 bits per heavy atom. The summed E-state index contributed by atoms with van der Waals surface area (Å²) in [5.41, 5.74) is -0.548. The molecule has 9 heteroatoms. The molecule has 2 saturated heterocycles. The van der Waals surface area contributed by atoms with Crippen LogP contribution < -0.4 is 5.32 Å². The maximum atomic E-state index is 13.6. The molecular weight excluding hydrogens is 444 g/mol. The van der Waals surface area contributed by atoms with Gasteiger partial charge in [-0.3, -0.25) is 19.3 Å². The lowest BCUT2D eigenvalue weighted by Crippen LogP contribution is -2.60. The molecule has 34 heavy (non-hydrogen) atoms. The fraction of sp³-hybridized carbons (Fsp3) is 0.400. The number of hydrogen-bond donors (Lipinski definition) is 1. The van der Waals surface area contributed by atoms with Gasteiger partial charge in [-0.05, 0) is 55.3 Å². The average Bonchev–Trinajstić information content (AvgIpc) is 3.58. The van der Waals surface area contributed by atoms with E-state index in [4.69, 9.17) is 4.74 Å². The van der Waals surface area contributed by atoms with E-state index < -0.39 is 29.3 Å². The van der Waals surface area contributed by atoms with Gasteiger partial charge in [0.25, 0.3) is 11.8 Å². The van der Waals surface area contributed by atoms with Crippen LogP contribution in [0.1, 0.15) is 46.4 Å². The van der Waals surface area contributed by atoms with Crippen LogP contribution in [-0.4, -0.2) is 65.0 Å². The number of rotatable bonds is 4. The molecule has 0 unspecified atom stereocenters. The molecule has 2 aromatic carbocycles. The number of piperidine rings is 1. The number of nitrogens with one attached hydrogen (secondary N) is 1. The zero-order valence-corrected chi connectivity index (χ0v) is 18.5. The van der Waals surface area contributed by atoms with Crippen molar-refractivity contribution in [1.29, 1.82) is 0 Å². The smallest absolute Gasteiger partial charge is 0.256 e. The van der Waals surface area contributed by atoms with Crippen molar-refractivity contribution >= 4 is 17.7 Å². The predicted octanol–water partition coefficient (Wildman–Crippen LogP) is 2.72. The summed E-state index contributed by atoms with van der Waals surface area (Å²) >= 11 is 0. The van der Waals surface area contributed by atoms with E-state index in [1.165, 1.54) is 47.4 Å². The van der Waals surface area contributed by atoms with E-state index in [0.717, 1.165) is 12.8 Å². The van der Waals surface area contributed by atoms with Crippen LogP contribution >= 0.6 is 0 Å². The predicted molar refractivity (Wildman–Crippen MR) is 118 cm³/mol. The number of likely N-dealkylation sites (tertiary alicyclic amines) is 1. The molecule has 5 rings (SSSR count). The van der Waals surface area contributed by atoms with Gasteiger partial charge in [-0.1, -0.05) is 6.07 Å². The molecule has 1 saturated carbocycles. The Kier molecular flexibility index (Phi) is 5.81. The van der Waals surface area contributed by atoms with E-state index in [2.05, 4.69) is 5.32 Å². The van der Waals surface area contributed by atoms with Crippen LogP contribution in [0.15, 0.2) is 48.5 Å². The SMILES string of the molecule is O=C(NC1CC1)[C@H]1COC2(CCN(C(=O)c3cccc(F)c3)CC2)N1C(=O)c1ccc(F)cc1. The maximum absolute atomic E-state index is 13.6. The second-order valence-electron chi connectivity index (χ2n) is 9.04. The van der Waals surface area contributed by atoms with E-state index in [9.17, 15) is 23.2 Å². The first-order chi connectivity index (χ1) is 16.4. The molecule has 0 bridgehead atoms. The molecule has 1 aliphatic carbocycles. The third-order valence-electron chi connectivity index (χ3n) is 6.70. The van der Waals surface area contributed by atoms with Gasteiger partial charge in [0.2, 0.25) is 5.91 Å². The summed E-state index contributed by atoms with van der Waals surface area (Å²) in [5.74, 6) is -1.94. The molecule has 0 aromatic heterocycles. The van der Waals surface area contributed by atoms with Crippen molar-refractivity contribution in [3.8, 4) is 0 Å². The van der Waals surface area contributed by atoms with Gasteiger partial charge in [0.15, 0.2) is 0 Å². The lowest BCUT2D eigenvalue weighted by molar-refractivity contribution is -0.128. The standard InChI is InChI=1S/C25H25F2N3O4/c26-18-6-4-16(5-7-18)24(33)30-21(22(31)28-20-8-9-20)15-34-25(30)10-12-29(13-11-25)23(32)17-2-1-3-19(27)14-17/h1-7,14,20-21H,8-13,15H2,(H,28,31)/t21-/m1/s1. The molecule has 3 fully saturated rings. The summed E-state index contributed by atoms with van der Waals surface area (Å²) in [6.07, 6.45) is 2.42. The summed E-state index contributed by atoms with van der Waals surface area (Å²) in [4.78, 5) is 42.4. The fourth-order valence-electron chi connectivity index (χ4n) is 4.69. The van der Waals surface area contributed by atoms with Gasteiger partial charge >= 0.3 is 0 Å². The van der Waals surface area contributed by atoms with Crippen molar-refractivity contribution in [1.82, 2.24) is 15.1 Å². The monoisotopic (exact) mass is 469 g/mol. The highest BCUT2D eigenvalue weighted by Gasteiger charge is 2.54. The van der Waals surface area contributed by atoms with Crippen LogP contribution in [0.25, 0.3) is 0 Å². The van der Waals surface area contributed by atoms with Gasteiger partial charge in [-0.15, -0.1) is 0 Å². The van der Waals surface area contributed by atoms with Crippen LogP contribution in [0.2, 0.25) is 0 Å². The quantitative estimate of drug-likeness (QED) is 0.747. The van der Waals surface area contributed by atoms with Gasteiger partial charge in [-0.25, -0.2) is 8.78 Å². The first kappa shape index (κ1) is 22.5. The van der Waals surface area contributed by atoms with E-state index >= 15 is 0 Å². The zero-order valence-electron chi connectivity index (χ0n) is 18.5. The summed E-state index contributed by atoms with van der Waals surface area (Å²) < 4.78 is 33.1. The van der Waals surface area contributed by atoms with E-state index in [0.29, 0.717) is 12.8 Å². The Morgan fingerprint density at radius 2 is 1.62 bits per heavy atom. The first-order valence-electron chi connectivity index (χ1n) is 11.4. The third-order valence-corrected chi connectivity index (χ3v) is 6.70. The van der Waals surface area contributed by atoms with Crippen molar-refractivity contribution in [3.63, 3.8) is 0 Å². The van der Waals surface area contributed by atoms with Crippen LogP contribution in [0, 0.1) is 11.6 Å². The van der Waals surface area contributed by atoms with Crippen LogP contribution in [0.4, 0.5) is 8.78 Å². The normalized spacial score (nSPS) is 21.5. The highest BCUT2D eigenvalue weighted by atomic mass is 19.1. The molecule has 1 N–H and O–H groups in total. The Balaban J connectivity index is 1.37. The van der Waals surface area contributed by atoms with Gasteiger partial charge in [0.1, 0.15) is 23.4 Å². The van der Waals surface area contributed by atoms with Gasteiger partial charge in [0, 0.05) is 43.1 Å². The summed E-state index contributed by atoms with van der Waals surface area (Å²) in [6.45, 7) is 0.600. The number of halogens is 2. The summed E-state index contributed by atoms with van der Waals surface area (Å²) in [6, 6.07) is 10.0. The Bertz CT molecular complexity index is 1110. The van der Waals surface area contributed by atoms with Crippen molar-refractivity contribution < 1.29 is 27.9 Å². The lowest BCUT2D eigenvalue weighted by atomic mass is 9.96. The summed E-state index contributed by atoms with van der Waals surface area (Å²) in [7, 11) is 0. The molecule has 1 atom stereocenters. The largest absolute Gasteiger partial charge is 0.353 e. The molecule has 7 nitrogen and oxygen atoms in total. The zero-order chi connectivity index (χ0) is 23.9. The van der Waals surface area contributed by atoms with Gasteiger partial charge in [0.05, 0.1) is 6.61 Å².